The summed E-state index contributed by atoms with van der Waals surface area (Å²) in [6.07, 6.45) is 4.54. The van der Waals surface area contributed by atoms with E-state index in [1.54, 1.807) is 20.8 Å². The summed E-state index contributed by atoms with van der Waals surface area (Å²) in [5.74, 6) is -1.43. The number of nitrogens with zero attached hydrogens (tertiary/aromatic N) is 1. The first kappa shape index (κ1) is 20.4. The fraction of sp³-hybridized carbons (Fsp3) is 0.684. The molecule has 1 aliphatic rings. The Hall–Kier alpha value is -1.89. The zero-order valence-electron chi connectivity index (χ0n) is 16.1. The minimum Gasteiger partial charge on any atom is -0.492 e. The highest BCUT2D eigenvalue weighted by Crippen LogP contribution is 2.35. The number of pyridine rings is 1. The van der Waals surface area contributed by atoms with Crippen molar-refractivity contribution in [2.75, 3.05) is 13.7 Å². The summed E-state index contributed by atoms with van der Waals surface area (Å²) >= 11 is 0. The first-order chi connectivity index (χ1) is 12.0. The standard InChI is InChI=1S/C19H28FNO5/c1-18(2,3)26-17(23)14(7-10-25-19(4)8-6-9-19)21-12-15(24-5)13(20)11-16(21)22/h11-12,14H,6-10H2,1-5H3. The van der Waals surface area contributed by atoms with Crippen molar-refractivity contribution in [2.45, 2.75) is 70.6 Å². The second-order valence-corrected chi connectivity index (χ2v) is 7.93. The number of aromatic nitrogens is 1. The molecule has 0 aromatic carbocycles. The lowest BCUT2D eigenvalue weighted by Gasteiger charge is -2.38. The Morgan fingerprint density at radius 1 is 1.38 bits per heavy atom. The summed E-state index contributed by atoms with van der Waals surface area (Å²) in [6.45, 7) is 7.59. The van der Waals surface area contributed by atoms with Gasteiger partial charge in [0.25, 0.3) is 5.56 Å². The number of esters is 1. The van der Waals surface area contributed by atoms with E-state index in [2.05, 4.69) is 0 Å². The Kier molecular flexibility index (Phi) is 6.11. The topological polar surface area (TPSA) is 66.8 Å². The van der Waals surface area contributed by atoms with Crippen LogP contribution in [0.3, 0.4) is 0 Å². The quantitative estimate of drug-likeness (QED) is 0.691. The van der Waals surface area contributed by atoms with Gasteiger partial charge >= 0.3 is 5.97 Å². The van der Waals surface area contributed by atoms with Crippen LogP contribution in [-0.4, -0.2) is 35.5 Å². The fourth-order valence-corrected chi connectivity index (χ4v) is 2.88. The molecule has 1 atom stereocenters. The number of rotatable bonds is 7. The summed E-state index contributed by atoms with van der Waals surface area (Å²) in [7, 11) is 1.30. The van der Waals surface area contributed by atoms with Crippen molar-refractivity contribution in [3.05, 3.63) is 28.4 Å². The van der Waals surface area contributed by atoms with Crippen LogP contribution in [0, 0.1) is 5.82 Å². The Morgan fingerprint density at radius 3 is 2.54 bits per heavy atom. The number of halogens is 1. The van der Waals surface area contributed by atoms with Crippen molar-refractivity contribution >= 4 is 5.97 Å². The normalized spacial score (nSPS) is 17.3. The highest BCUT2D eigenvalue weighted by Gasteiger charge is 2.34. The van der Waals surface area contributed by atoms with Crippen molar-refractivity contribution in [3.8, 4) is 5.75 Å². The molecule has 1 aromatic heterocycles. The molecule has 0 amide bonds. The predicted octanol–water partition coefficient (Wildman–Crippen LogP) is 3.23. The lowest BCUT2D eigenvalue weighted by molar-refractivity contribution is -0.161. The molecule has 7 heteroatoms. The number of hydrogen-bond donors (Lipinski definition) is 0. The number of ether oxygens (including phenoxy) is 3. The molecular weight excluding hydrogens is 341 g/mol. The SMILES string of the molecule is COc1cn(C(CCOC2(C)CCC2)C(=O)OC(C)(C)C)c(=O)cc1F. The Labute approximate surface area is 153 Å². The van der Waals surface area contributed by atoms with Crippen LogP contribution in [0.4, 0.5) is 4.39 Å². The van der Waals surface area contributed by atoms with Gasteiger partial charge in [-0.2, -0.15) is 0 Å². The molecule has 1 unspecified atom stereocenters. The second-order valence-electron chi connectivity index (χ2n) is 7.93. The summed E-state index contributed by atoms with van der Waals surface area (Å²) in [5.41, 5.74) is -1.50. The molecule has 0 spiro atoms. The third-order valence-electron chi connectivity index (χ3n) is 4.48. The second kappa shape index (κ2) is 7.78. The molecule has 2 rings (SSSR count). The van der Waals surface area contributed by atoms with Gasteiger partial charge in [0.05, 0.1) is 18.9 Å². The van der Waals surface area contributed by atoms with Gasteiger partial charge in [-0.25, -0.2) is 9.18 Å². The van der Waals surface area contributed by atoms with Crippen molar-refractivity contribution in [1.29, 1.82) is 0 Å². The molecular formula is C19H28FNO5. The zero-order chi connectivity index (χ0) is 19.5. The third-order valence-corrected chi connectivity index (χ3v) is 4.48. The van der Waals surface area contributed by atoms with E-state index in [4.69, 9.17) is 14.2 Å². The van der Waals surface area contributed by atoms with Gasteiger partial charge in [0, 0.05) is 19.1 Å². The van der Waals surface area contributed by atoms with Gasteiger partial charge in [-0.3, -0.25) is 9.36 Å². The van der Waals surface area contributed by atoms with Gasteiger partial charge < -0.3 is 14.2 Å². The molecule has 6 nitrogen and oxygen atoms in total. The largest absolute Gasteiger partial charge is 0.492 e. The summed E-state index contributed by atoms with van der Waals surface area (Å²) in [4.78, 5) is 24.9. The minimum atomic E-state index is -0.917. The number of carbonyl (C=O) groups is 1. The number of carbonyl (C=O) groups excluding carboxylic acids is 1. The molecule has 0 N–H and O–H groups in total. The highest BCUT2D eigenvalue weighted by atomic mass is 19.1. The number of hydrogen-bond acceptors (Lipinski definition) is 5. The average molecular weight is 369 g/mol. The average Bonchev–Trinajstić information content (AvgIpc) is 2.49. The van der Waals surface area contributed by atoms with Crippen LogP contribution in [0.1, 0.15) is 59.4 Å². The van der Waals surface area contributed by atoms with E-state index in [-0.39, 0.29) is 17.8 Å². The first-order valence-electron chi connectivity index (χ1n) is 8.87. The molecule has 0 aliphatic heterocycles. The number of methoxy groups -OCH3 is 1. The van der Waals surface area contributed by atoms with Gasteiger partial charge in [0.15, 0.2) is 11.6 Å². The maximum absolute atomic E-state index is 13.7. The molecule has 26 heavy (non-hydrogen) atoms. The van der Waals surface area contributed by atoms with Gasteiger partial charge in [0.1, 0.15) is 11.6 Å². The predicted molar refractivity (Wildman–Crippen MR) is 94.9 cm³/mol. The van der Waals surface area contributed by atoms with Crippen molar-refractivity contribution in [1.82, 2.24) is 4.57 Å². The Bertz CT molecular complexity index is 703. The van der Waals surface area contributed by atoms with Crippen LogP contribution < -0.4 is 10.3 Å². The minimum absolute atomic E-state index is 0.106. The summed E-state index contributed by atoms with van der Waals surface area (Å²) < 4.78 is 31.2. The Morgan fingerprint density at radius 2 is 2.04 bits per heavy atom. The smallest absolute Gasteiger partial charge is 0.329 e. The van der Waals surface area contributed by atoms with E-state index in [0.717, 1.165) is 29.9 Å². The van der Waals surface area contributed by atoms with E-state index in [1.165, 1.54) is 13.3 Å². The molecule has 1 fully saturated rings. The van der Waals surface area contributed by atoms with E-state index < -0.39 is 29.0 Å². The van der Waals surface area contributed by atoms with Crippen LogP contribution in [-0.2, 0) is 14.3 Å². The molecule has 1 aromatic rings. The molecule has 1 aliphatic carbocycles. The van der Waals surface area contributed by atoms with Crippen molar-refractivity contribution in [3.63, 3.8) is 0 Å². The summed E-state index contributed by atoms with van der Waals surface area (Å²) in [5, 5.41) is 0. The molecule has 0 bridgehead atoms. The van der Waals surface area contributed by atoms with Gasteiger partial charge in [-0.05, 0) is 47.0 Å². The lowest BCUT2D eigenvalue weighted by atomic mass is 9.82. The maximum Gasteiger partial charge on any atom is 0.329 e. The highest BCUT2D eigenvalue weighted by molar-refractivity contribution is 5.74. The zero-order valence-corrected chi connectivity index (χ0v) is 16.1. The van der Waals surface area contributed by atoms with Gasteiger partial charge in [-0.1, -0.05) is 0 Å². The van der Waals surface area contributed by atoms with Gasteiger partial charge in [-0.15, -0.1) is 0 Å². The van der Waals surface area contributed by atoms with Crippen LogP contribution in [0.15, 0.2) is 17.1 Å². The van der Waals surface area contributed by atoms with Gasteiger partial charge in [0.2, 0.25) is 0 Å². The molecule has 0 radical (unpaired) electrons. The Balaban J connectivity index is 2.24. The first-order valence-corrected chi connectivity index (χ1v) is 8.87. The molecule has 1 saturated carbocycles. The van der Waals surface area contributed by atoms with E-state index in [0.29, 0.717) is 6.61 Å². The third kappa shape index (κ3) is 5.06. The van der Waals surface area contributed by atoms with Crippen molar-refractivity contribution in [2.24, 2.45) is 0 Å². The fourth-order valence-electron chi connectivity index (χ4n) is 2.88. The monoisotopic (exact) mass is 369 g/mol. The summed E-state index contributed by atoms with van der Waals surface area (Å²) in [6, 6.07) is -0.107. The van der Waals surface area contributed by atoms with Crippen molar-refractivity contribution < 1.29 is 23.4 Å². The van der Waals surface area contributed by atoms with Crippen LogP contribution in [0.2, 0.25) is 0 Å². The van der Waals surface area contributed by atoms with E-state index in [1.807, 2.05) is 6.92 Å². The molecule has 0 saturated heterocycles. The van der Waals surface area contributed by atoms with E-state index in [9.17, 15) is 14.0 Å². The lowest BCUT2D eigenvalue weighted by Crippen LogP contribution is -2.39. The van der Waals surface area contributed by atoms with E-state index >= 15 is 0 Å². The molecule has 146 valence electrons. The van der Waals surface area contributed by atoms with Crippen LogP contribution in [0.25, 0.3) is 0 Å². The maximum atomic E-state index is 13.7. The van der Waals surface area contributed by atoms with Crippen LogP contribution in [0.5, 0.6) is 5.75 Å². The van der Waals surface area contributed by atoms with Crippen LogP contribution >= 0.6 is 0 Å². The molecule has 1 heterocycles.